The van der Waals surface area contributed by atoms with Crippen molar-refractivity contribution in [2.75, 3.05) is 4.90 Å². The molecule has 0 fully saturated rings. The van der Waals surface area contributed by atoms with E-state index in [2.05, 4.69) is 94.8 Å². The van der Waals surface area contributed by atoms with Crippen LogP contribution in [0.25, 0.3) is 9.75 Å². The lowest BCUT2D eigenvalue weighted by molar-refractivity contribution is 1.32. The van der Waals surface area contributed by atoms with Crippen molar-refractivity contribution in [3.63, 3.8) is 0 Å². The van der Waals surface area contributed by atoms with Crippen LogP contribution in [0.2, 0.25) is 0 Å². The monoisotopic (exact) mass is 436 g/mol. The van der Waals surface area contributed by atoms with Crippen LogP contribution in [-0.2, 0) is 0 Å². The van der Waals surface area contributed by atoms with Crippen molar-refractivity contribution in [1.82, 2.24) is 0 Å². The Bertz CT molecular complexity index is 1230. The molecule has 0 unspecified atom stereocenters. The van der Waals surface area contributed by atoms with Gasteiger partial charge in [0.1, 0.15) is 5.00 Å². The molecule has 150 valence electrons. The summed E-state index contributed by atoms with van der Waals surface area (Å²) in [4.78, 5) is 10.5. The molecule has 0 aliphatic heterocycles. The molecule has 31 heavy (non-hydrogen) atoms. The molecule has 0 saturated carbocycles. The van der Waals surface area contributed by atoms with Gasteiger partial charge in [-0.25, -0.2) is 0 Å². The van der Waals surface area contributed by atoms with Crippen molar-refractivity contribution in [3.8, 4) is 9.75 Å². The third-order valence-electron chi connectivity index (χ3n) is 4.81. The highest BCUT2D eigenvalue weighted by molar-refractivity contribution is 7.24. The molecular weight excluding hydrogens is 416 g/mol. The second-order valence-electron chi connectivity index (χ2n) is 6.94. The van der Waals surface area contributed by atoms with E-state index in [4.69, 9.17) is 0 Å². The first-order valence-electron chi connectivity index (χ1n) is 10.1. The summed E-state index contributed by atoms with van der Waals surface area (Å²) in [6.45, 7) is 0. The van der Waals surface area contributed by atoms with Gasteiger partial charge in [-0.15, -0.1) is 22.7 Å². The summed E-state index contributed by atoms with van der Waals surface area (Å²) in [5.74, 6) is 0. The Morgan fingerprint density at radius 3 is 1.74 bits per heavy atom. The van der Waals surface area contributed by atoms with Gasteiger partial charge in [0, 0.05) is 32.2 Å². The largest absolute Gasteiger partial charge is 0.302 e. The highest BCUT2D eigenvalue weighted by atomic mass is 32.1. The Balaban J connectivity index is 1.44. The van der Waals surface area contributed by atoms with Gasteiger partial charge in [-0.3, -0.25) is 4.99 Å². The second kappa shape index (κ2) is 9.13. The number of rotatable bonds is 6. The van der Waals surface area contributed by atoms with Crippen LogP contribution >= 0.6 is 22.7 Å². The second-order valence-corrected chi connectivity index (χ2v) is 9.12. The zero-order valence-electron chi connectivity index (χ0n) is 16.8. The van der Waals surface area contributed by atoms with Crippen LogP contribution in [0, 0.1) is 0 Å². The maximum Gasteiger partial charge on any atom is 0.101 e. The number of benzene rings is 3. The van der Waals surface area contributed by atoms with Crippen LogP contribution in [-0.4, -0.2) is 6.21 Å². The van der Waals surface area contributed by atoms with Crippen molar-refractivity contribution in [3.05, 3.63) is 120 Å². The quantitative estimate of drug-likeness (QED) is 0.243. The lowest BCUT2D eigenvalue weighted by Crippen LogP contribution is -2.07. The van der Waals surface area contributed by atoms with Crippen LogP contribution < -0.4 is 4.90 Å². The molecule has 5 rings (SSSR count). The highest BCUT2D eigenvalue weighted by Gasteiger charge is 2.15. The molecule has 3 aromatic carbocycles. The van der Waals surface area contributed by atoms with E-state index in [9.17, 15) is 0 Å². The predicted molar refractivity (Wildman–Crippen MR) is 136 cm³/mol. The van der Waals surface area contributed by atoms with Gasteiger partial charge in [0.15, 0.2) is 0 Å². The van der Waals surface area contributed by atoms with Crippen LogP contribution in [0.15, 0.2) is 120 Å². The average molecular weight is 437 g/mol. The molecule has 0 spiro atoms. The number of nitrogens with zero attached hydrogens (tertiary/aromatic N) is 2. The molecule has 2 aromatic heterocycles. The molecule has 0 N–H and O–H groups in total. The lowest BCUT2D eigenvalue weighted by Gasteiger charge is -2.23. The van der Waals surface area contributed by atoms with Gasteiger partial charge in [0.05, 0.1) is 5.69 Å². The third-order valence-corrected chi connectivity index (χ3v) is 7.09. The van der Waals surface area contributed by atoms with E-state index >= 15 is 0 Å². The number of aliphatic imine (C=N–C) groups is 1. The van der Waals surface area contributed by atoms with E-state index in [-0.39, 0.29) is 0 Å². The predicted octanol–water partition coefficient (Wildman–Crippen LogP) is 8.70. The summed E-state index contributed by atoms with van der Waals surface area (Å²) >= 11 is 3.57. The summed E-state index contributed by atoms with van der Waals surface area (Å²) in [6, 6.07) is 39.8. The summed E-state index contributed by atoms with van der Waals surface area (Å²) < 4.78 is 0. The molecule has 0 amide bonds. The fourth-order valence-electron chi connectivity index (χ4n) is 3.34. The summed E-state index contributed by atoms with van der Waals surface area (Å²) in [5, 5.41) is 1.19. The molecule has 5 aromatic rings. The van der Waals surface area contributed by atoms with Crippen LogP contribution in [0.3, 0.4) is 0 Å². The molecule has 0 aliphatic rings. The average Bonchev–Trinajstić information content (AvgIpc) is 3.50. The fraction of sp³-hybridized carbons (Fsp3) is 0. The van der Waals surface area contributed by atoms with Gasteiger partial charge in [0.2, 0.25) is 0 Å². The van der Waals surface area contributed by atoms with Crippen LogP contribution in [0.4, 0.5) is 22.1 Å². The highest BCUT2D eigenvalue weighted by Crippen LogP contribution is 2.42. The van der Waals surface area contributed by atoms with Crippen molar-refractivity contribution in [1.29, 1.82) is 0 Å². The van der Waals surface area contributed by atoms with Gasteiger partial charge in [0.25, 0.3) is 0 Å². The normalized spacial score (nSPS) is 11.1. The van der Waals surface area contributed by atoms with Crippen molar-refractivity contribution >= 4 is 51.0 Å². The minimum absolute atomic E-state index is 0.970. The summed E-state index contributed by atoms with van der Waals surface area (Å²) in [5.41, 5.74) is 3.28. The topological polar surface area (TPSA) is 15.6 Å². The molecule has 4 heteroatoms. The molecule has 0 saturated heterocycles. The number of thiophene rings is 2. The van der Waals surface area contributed by atoms with E-state index in [1.165, 1.54) is 14.8 Å². The number of anilines is 3. The smallest absolute Gasteiger partial charge is 0.101 e. The van der Waals surface area contributed by atoms with Gasteiger partial charge in [-0.1, -0.05) is 54.6 Å². The molecule has 0 radical (unpaired) electrons. The van der Waals surface area contributed by atoms with E-state index in [0.717, 1.165) is 21.9 Å². The van der Waals surface area contributed by atoms with Gasteiger partial charge < -0.3 is 4.90 Å². The van der Waals surface area contributed by atoms with Crippen molar-refractivity contribution in [2.24, 2.45) is 4.99 Å². The maximum absolute atomic E-state index is 4.58. The lowest BCUT2D eigenvalue weighted by atomic mass is 10.2. The summed E-state index contributed by atoms with van der Waals surface area (Å²) in [6.07, 6.45) is 1.94. The minimum Gasteiger partial charge on any atom is -0.302 e. The SMILES string of the molecule is C(=Nc1ccccc1)c1ccc(-c2ccc(N(c3ccccc3)c3ccccc3)s2)s1. The number of hydrogen-bond donors (Lipinski definition) is 0. The third kappa shape index (κ3) is 4.50. The Morgan fingerprint density at radius 1 is 0.548 bits per heavy atom. The Morgan fingerprint density at radius 2 is 1.10 bits per heavy atom. The van der Waals surface area contributed by atoms with Gasteiger partial charge in [-0.05, 0) is 60.7 Å². The van der Waals surface area contributed by atoms with E-state index in [1.807, 2.05) is 36.5 Å². The molecule has 2 heterocycles. The minimum atomic E-state index is 0.970. The first-order chi connectivity index (χ1) is 15.4. The fourth-order valence-corrected chi connectivity index (χ4v) is 5.36. The van der Waals surface area contributed by atoms with E-state index in [1.54, 1.807) is 22.7 Å². The number of hydrogen-bond acceptors (Lipinski definition) is 4. The van der Waals surface area contributed by atoms with Crippen LogP contribution in [0.5, 0.6) is 0 Å². The van der Waals surface area contributed by atoms with Gasteiger partial charge >= 0.3 is 0 Å². The zero-order chi connectivity index (χ0) is 20.9. The molecular formula is C27H20N2S2. The van der Waals surface area contributed by atoms with E-state index < -0.39 is 0 Å². The van der Waals surface area contributed by atoms with E-state index in [0.29, 0.717) is 0 Å². The molecule has 0 bridgehead atoms. The molecule has 0 atom stereocenters. The maximum atomic E-state index is 4.58. The molecule has 0 aliphatic carbocycles. The van der Waals surface area contributed by atoms with Crippen LogP contribution in [0.1, 0.15) is 4.88 Å². The first kappa shape index (κ1) is 19.5. The van der Waals surface area contributed by atoms with Crippen molar-refractivity contribution in [2.45, 2.75) is 0 Å². The zero-order valence-corrected chi connectivity index (χ0v) is 18.4. The first-order valence-corrected chi connectivity index (χ1v) is 11.7. The number of para-hydroxylation sites is 3. The summed E-state index contributed by atoms with van der Waals surface area (Å²) in [7, 11) is 0. The molecule has 2 nitrogen and oxygen atoms in total. The Hall–Kier alpha value is -3.47. The van der Waals surface area contributed by atoms with Crippen molar-refractivity contribution < 1.29 is 0 Å². The Kier molecular flexibility index (Phi) is 5.74. The Labute approximate surface area is 190 Å². The standard InChI is InChI=1S/C27H20N2S2/c1-4-10-21(11-5-1)28-20-24-16-17-25(30-24)26-18-19-27(31-26)29(22-12-6-2-7-13-22)23-14-8-3-9-15-23/h1-20H. The van der Waals surface area contributed by atoms with Gasteiger partial charge in [-0.2, -0.15) is 0 Å².